The highest BCUT2D eigenvalue weighted by atomic mass is 35.5. The zero-order valence-electron chi connectivity index (χ0n) is 12.0. The third-order valence-corrected chi connectivity index (χ3v) is 5.35. The van der Waals surface area contributed by atoms with E-state index in [9.17, 15) is 4.79 Å². The Hall–Kier alpha value is -0.700. The summed E-state index contributed by atoms with van der Waals surface area (Å²) in [5.41, 5.74) is 0. The smallest absolute Gasteiger partial charge is 0.202 e. The van der Waals surface area contributed by atoms with Gasteiger partial charge in [0.2, 0.25) is 5.78 Å². The quantitative estimate of drug-likeness (QED) is 0.755. The van der Waals surface area contributed by atoms with Crippen LogP contribution < -0.4 is 0 Å². The van der Waals surface area contributed by atoms with Crippen LogP contribution in [0.5, 0.6) is 0 Å². The van der Waals surface area contributed by atoms with Crippen LogP contribution >= 0.6 is 11.6 Å². The van der Waals surface area contributed by atoms with Gasteiger partial charge < -0.3 is 0 Å². The van der Waals surface area contributed by atoms with Crippen LogP contribution in [0.15, 0.2) is 9.98 Å². The molecule has 1 heterocycles. The second-order valence-electron chi connectivity index (χ2n) is 6.40. The van der Waals surface area contributed by atoms with Crippen LogP contribution in [0.1, 0.15) is 64.2 Å². The number of hydrogen-bond donors (Lipinski definition) is 0. The van der Waals surface area contributed by atoms with Crippen molar-refractivity contribution in [3.8, 4) is 0 Å². The lowest BCUT2D eigenvalue weighted by molar-refractivity contribution is -0.117. The molecule has 3 aliphatic rings. The molecule has 4 heteroatoms. The van der Waals surface area contributed by atoms with Crippen molar-refractivity contribution in [2.75, 3.05) is 0 Å². The number of carbonyl (C=O) groups excluding carboxylic acids is 1. The molecule has 2 saturated carbocycles. The van der Waals surface area contributed by atoms with Crippen LogP contribution in [0, 0.1) is 11.8 Å². The monoisotopic (exact) mass is 294 g/mol. The van der Waals surface area contributed by atoms with Crippen molar-refractivity contribution in [1.82, 2.24) is 0 Å². The molecular weight excluding hydrogens is 272 g/mol. The highest BCUT2D eigenvalue weighted by molar-refractivity contribution is 6.68. The SMILES string of the molecule is O=C(C1=NC2CCCC2C(Cl)=N1)C1CCCCCCC1. The zero-order chi connectivity index (χ0) is 13.9. The third kappa shape index (κ3) is 2.98. The maximum Gasteiger partial charge on any atom is 0.202 e. The minimum Gasteiger partial charge on any atom is -0.290 e. The van der Waals surface area contributed by atoms with E-state index in [4.69, 9.17) is 11.6 Å². The van der Waals surface area contributed by atoms with Crippen molar-refractivity contribution in [1.29, 1.82) is 0 Å². The second kappa shape index (κ2) is 6.38. The molecular formula is C16H23ClN2O. The molecule has 2 atom stereocenters. The lowest BCUT2D eigenvalue weighted by Crippen LogP contribution is -2.31. The highest BCUT2D eigenvalue weighted by Gasteiger charge is 2.36. The summed E-state index contributed by atoms with van der Waals surface area (Å²) in [6, 6.07) is 0.215. The van der Waals surface area contributed by atoms with Gasteiger partial charge in [-0.2, -0.15) is 0 Å². The van der Waals surface area contributed by atoms with Gasteiger partial charge in [-0.1, -0.05) is 50.1 Å². The molecule has 3 rings (SSSR count). The molecule has 0 bridgehead atoms. The number of nitrogens with zero attached hydrogens (tertiary/aromatic N) is 2. The van der Waals surface area contributed by atoms with Crippen LogP contribution in [-0.2, 0) is 4.79 Å². The molecule has 2 aliphatic carbocycles. The predicted molar refractivity (Wildman–Crippen MR) is 82.7 cm³/mol. The van der Waals surface area contributed by atoms with Crippen LogP contribution in [0.2, 0.25) is 0 Å². The summed E-state index contributed by atoms with van der Waals surface area (Å²) in [7, 11) is 0. The van der Waals surface area contributed by atoms with Gasteiger partial charge in [-0.25, -0.2) is 4.99 Å². The third-order valence-electron chi connectivity index (χ3n) is 4.98. The van der Waals surface area contributed by atoms with Crippen LogP contribution in [0.3, 0.4) is 0 Å². The Morgan fingerprint density at radius 1 is 0.950 bits per heavy atom. The van der Waals surface area contributed by atoms with E-state index in [0.29, 0.717) is 11.0 Å². The molecule has 1 aliphatic heterocycles. The first-order valence-electron chi connectivity index (χ1n) is 8.12. The molecule has 0 aromatic rings. The standard InChI is InChI=1S/C16H23ClN2O/c17-15-12-9-6-10-13(12)18-16(19-15)14(20)11-7-4-2-1-3-5-8-11/h11-13H,1-10H2. The van der Waals surface area contributed by atoms with Gasteiger partial charge in [0.05, 0.1) is 6.04 Å². The number of rotatable bonds is 2. The number of aliphatic imine (C=N–C) groups is 2. The highest BCUT2D eigenvalue weighted by Crippen LogP contribution is 2.34. The lowest BCUT2D eigenvalue weighted by Gasteiger charge is -2.23. The molecule has 0 radical (unpaired) electrons. The molecule has 110 valence electrons. The summed E-state index contributed by atoms with van der Waals surface area (Å²) < 4.78 is 0. The molecule has 0 aromatic heterocycles. The normalized spacial score (nSPS) is 31.9. The summed E-state index contributed by atoms with van der Waals surface area (Å²) in [6.07, 6.45) is 11.4. The fourth-order valence-corrected chi connectivity index (χ4v) is 4.10. The van der Waals surface area contributed by atoms with E-state index in [2.05, 4.69) is 9.98 Å². The molecule has 0 N–H and O–H groups in total. The largest absolute Gasteiger partial charge is 0.290 e. The summed E-state index contributed by atoms with van der Waals surface area (Å²) >= 11 is 6.27. The van der Waals surface area contributed by atoms with Gasteiger partial charge in [0.1, 0.15) is 5.17 Å². The molecule has 2 fully saturated rings. The summed E-state index contributed by atoms with van der Waals surface area (Å²) in [5.74, 6) is 0.977. The first kappa shape index (κ1) is 14.2. The maximum atomic E-state index is 12.7. The topological polar surface area (TPSA) is 41.8 Å². The number of carbonyl (C=O) groups is 1. The molecule has 3 nitrogen and oxygen atoms in total. The molecule has 0 saturated heterocycles. The van der Waals surface area contributed by atoms with Crippen molar-refractivity contribution in [3.05, 3.63) is 0 Å². The van der Waals surface area contributed by atoms with Crippen molar-refractivity contribution < 1.29 is 4.79 Å². The Balaban J connectivity index is 1.72. The number of fused-ring (bicyclic) bond motifs is 1. The second-order valence-corrected chi connectivity index (χ2v) is 6.79. The number of amidine groups is 1. The van der Waals surface area contributed by atoms with Crippen LogP contribution in [-0.4, -0.2) is 22.8 Å². The van der Waals surface area contributed by atoms with E-state index in [1.165, 1.54) is 19.3 Å². The van der Waals surface area contributed by atoms with Gasteiger partial charge in [-0.05, 0) is 25.7 Å². The average molecular weight is 295 g/mol. The van der Waals surface area contributed by atoms with Crippen molar-refractivity contribution in [2.45, 2.75) is 70.3 Å². The Labute approximate surface area is 125 Å². The number of Topliss-reactive ketones (excluding diaryl/α,β-unsaturated/α-hetero) is 1. The van der Waals surface area contributed by atoms with Gasteiger partial charge in [-0.15, -0.1) is 0 Å². The molecule has 0 amide bonds. The Morgan fingerprint density at radius 2 is 1.65 bits per heavy atom. The van der Waals surface area contributed by atoms with Crippen molar-refractivity contribution >= 4 is 28.4 Å². The summed E-state index contributed by atoms with van der Waals surface area (Å²) in [5, 5.41) is 0.622. The van der Waals surface area contributed by atoms with E-state index >= 15 is 0 Å². The zero-order valence-corrected chi connectivity index (χ0v) is 12.7. The van der Waals surface area contributed by atoms with E-state index in [1.807, 2.05) is 0 Å². The number of ketones is 1. The first-order chi connectivity index (χ1) is 9.75. The first-order valence-corrected chi connectivity index (χ1v) is 8.49. The van der Waals surface area contributed by atoms with E-state index in [-0.39, 0.29) is 23.7 Å². The van der Waals surface area contributed by atoms with E-state index in [0.717, 1.165) is 44.9 Å². The average Bonchev–Trinajstić information content (AvgIpc) is 2.86. The fraction of sp³-hybridized carbons (Fsp3) is 0.812. The van der Waals surface area contributed by atoms with Gasteiger partial charge in [-0.3, -0.25) is 9.79 Å². The Bertz CT molecular complexity index is 436. The van der Waals surface area contributed by atoms with Gasteiger partial charge in [0.25, 0.3) is 0 Å². The number of halogens is 1. The van der Waals surface area contributed by atoms with Crippen molar-refractivity contribution in [2.24, 2.45) is 21.8 Å². The van der Waals surface area contributed by atoms with Crippen LogP contribution in [0.25, 0.3) is 0 Å². The minimum atomic E-state index is 0.125. The summed E-state index contributed by atoms with van der Waals surface area (Å²) in [4.78, 5) is 21.6. The molecule has 2 unspecified atom stereocenters. The van der Waals surface area contributed by atoms with Gasteiger partial charge in [0.15, 0.2) is 5.84 Å². The number of hydrogen-bond acceptors (Lipinski definition) is 3. The molecule has 0 aromatic carbocycles. The maximum absolute atomic E-state index is 12.7. The Morgan fingerprint density at radius 3 is 2.40 bits per heavy atom. The van der Waals surface area contributed by atoms with Gasteiger partial charge >= 0.3 is 0 Å². The minimum absolute atomic E-state index is 0.125. The Kier molecular flexibility index (Phi) is 4.54. The van der Waals surface area contributed by atoms with Crippen molar-refractivity contribution in [3.63, 3.8) is 0 Å². The predicted octanol–water partition coefficient (Wildman–Crippen LogP) is 4.13. The van der Waals surface area contributed by atoms with Crippen LogP contribution in [0.4, 0.5) is 0 Å². The van der Waals surface area contributed by atoms with E-state index < -0.39 is 0 Å². The molecule has 20 heavy (non-hydrogen) atoms. The summed E-state index contributed by atoms with van der Waals surface area (Å²) in [6.45, 7) is 0. The lowest BCUT2D eigenvalue weighted by atomic mass is 9.87. The molecule has 0 spiro atoms. The van der Waals surface area contributed by atoms with Gasteiger partial charge in [0, 0.05) is 11.8 Å². The van der Waals surface area contributed by atoms with E-state index in [1.54, 1.807) is 0 Å². The fourth-order valence-electron chi connectivity index (χ4n) is 3.76.